The molecule has 1 aliphatic carbocycles. The van der Waals surface area contributed by atoms with Crippen LogP contribution in [0.25, 0.3) is 0 Å². The Morgan fingerprint density at radius 3 is 2.38 bits per heavy atom. The minimum atomic E-state index is 0.390. The van der Waals surface area contributed by atoms with Gasteiger partial charge in [-0.3, -0.25) is 4.90 Å². The molecule has 1 saturated carbocycles. The Morgan fingerprint density at radius 2 is 1.94 bits per heavy atom. The highest BCUT2D eigenvalue weighted by molar-refractivity contribution is 4.95. The Bertz CT molecular complexity index is 227. The van der Waals surface area contributed by atoms with E-state index in [1.54, 1.807) is 0 Å². The predicted octanol–water partition coefficient (Wildman–Crippen LogP) is 2.64. The van der Waals surface area contributed by atoms with Gasteiger partial charge in [-0.25, -0.2) is 0 Å². The number of rotatable bonds is 2. The van der Waals surface area contributed by atoms with Gasteiger partial charge in [-0.15, -0.1) is 0 Å². The van der Waals surface area contributed by atoms with Gasteiger partial charge in [-0.1, -0.05) is 34.1 Å². The van der Waals surface area contributed by atoms with Gasteiger partial charge in [0.05, 0.1) is 0 Å². The number of hydrogen-bond acceptors (Lipinski definition) is 2. The lowest BCUT2D eigenvalue weighted by Crippen LogP contribution is -2.63. The van der Waals surface area contributed by atoms with Crippen LogP contribution >= 0.6 is 0 Å². The normalized spacial score (nSPS) is 33.8. The molecule has 0 amide bonds. The van der Waals surface area contributed by atoms with E-state index in [0.29, 0.717) is 11.5 Å². The standard InChI is InChI=1S/C14H28N2/c1-5-11-9-15-13(14(2,3)4)10-16(11)12-7-6-8-12/h11-13,15H,5-10H2,1-4H3. The van der Waals surface area contributed by atoms with Crippen LogP contribution in [0.5, 0.6) is 0 Å². The lowest BCUT2D eigenvalue weighted by atomic mass is 9.82. The maximum Gasteiger partial charge on any atom is 0.0244 e. The van der Waals surface area contributed by atoms with Gasteiger partial charge < -0.3 is 5.32 Å². The van der Waals surface area contributed by atoms with E-state index in [-0.39, 0.29) is 0 Å². The van der Waals surface area contributed by atoms with E-state index >= 15 is 0 Å². The first-order valence-electron chi connectivity index (χ1n) is 7.01. The molecule has 2 nitrogen and oxygen atoms in total. The summed E-state index contributed by atoms with van der Waals surface area (Å²) in [5.41, 5.74) is 0.390. The van der Waals surface area contributed by atoms with Gasteiger partial charge >= 0.3 is 0 Å². The fourth-order valence-corrected chi connectivity index (χ4v) is 2.94. The van der Waals surface area contributed by atoms with Gasteiger partial charge in [0.25, 0.3) is 0 Å². The van der Waals surface area contributed by atoms with Crippen LogP contribution in [0, 0.1) is 5.41 Å². The van der Waals surface area contributed by atoms with E-state index in [1.165, 1.54) is 38.8 Å². The molecule has 1 heterocycles. The molecule has 2 rings (SSSR count). The summed E-state index contributed by atoms with van der Waals surface area (Å²) in [4.78, 5) is 2.80. The van der Waals surface area contributed by atoms with Gasteiger partial charge in [0.15, 0.2) is 0 Å². The molecule has 0 radical (unpaired) electrons. The monoisotopic (exact) mass is 224 g/mol. The van der Waals surface area contributed by atoms with E-state index in [4.69, 9.17) is 0 Å². The van der Waals surface area contributed by atoms with Crippen LogP contribution < -0.4 is 5.32 Å². The molecule has 1 N–H and O–H groups in total. The molecule has 94 valence electrons. The van der Waals surface area contributed by atoms with Crippen molar-refractivity contribution < 1.29 is 0 Å². The number of hydrogen-bond donors (Lipinski definition) is 1. The highest BCUT2D eigenvalue weighted by Crippen LogP contribution is 2.31. The highest BCUT2D eigenvalue weighted by atomic mass is 15.3. The van der Waals surface area contributed by atoms with E-state index < -0.39 is 0 Å². The summed E-state index contributed by atoms with van der Waals surface area (Å²) in [6, 6.07) is 2.34. The maximum atomic E-state index is 3.75. The Kier molecular flexibility index (Phi) is 3.60. The first-order chi connectivity index (χ1) is 7.52. The van der Waals surface area contributed by atoms with Crippen molar-refractivity contribution in [3.05, 3.63) is 0 Å². The van der Waals surface area contributed by atoms with Crippen LogP contribution in [-0.2, 0) is 0 Å². The number of nitrogens with zero attached hydrogens (tertiary/aromatic N) is 1. The lowest BCUT2D eigenvalue weighted by molar-refractivity contribution is 0.0181. The molecule has 0 aromatic carbocycles. The Balaban J connectivity index is 2.00. The second-order valence-electron chi connectivity index (χ2n) is 6.67. The lowest BCUT2D eigenvalue weighted by Gasteiger charge is -2.50. The van der Waals surface area contributed by atoms with Crippen molar-refractivity contribution in [2.45, 2.75) is 71.5 Å². The Hall–Kier alpha value is -0.0800. The first-order valence-corrected chi connectivity index (χ1v) is 7.01. The van der Waals surface area contributed by atoms with E-state index in [9.17, 15) is 0 Å². The summed E-state index contributed by atoms with van der Waals surface area (Å²) in [5.74, 6) is 0. The quantitative estimate of drug-likeness (QED) is 0.776. The minimum absolute atomic E-state index is 0.390. The third-order valence-corrected chi connectivity index (χ3v) is 4.52. The Morgan fingerprint density at radius 1 is 1.25 bits per heavy atom. The van der Waals surface area contributed by atoms with Gasteiger partial charge in [-0.2, -0.15) is 0 Å². The minimum Gasteiger partial charge on any atom is -0.311 e. The molecule has 2 atom stereocenters. The molecule has 16 heavy (non-hydrogen) atoms. The van der Waals surface area contributed by atoms with Crippen LogP contribution in [-0.4, -0.2) is 36.1 Å². The molecule has 2 fully saturated rings. The smallest absolute Gasteiger partial charge is 0.0244 e. The average Bonchev–Trinajstić information content (AvgIpc) is 2.13. The van der Waals surface area contributed by atoms with Crippen LogP contribution in [0.15, 0.2) is 0 Å². The van der Waals surface area contributed by atoms with Crippen molar-refractivity contribution in [2.24, 2.45) is 5.41 Å². The summed E-state index contributed by atoms with van der Waals surface area (Å²) in [7, 11) is 0. The molecule has 0 bridgehead atoms. The van der Waals surface area contributed by atoms with Crippen molar-refractivity contribution in [3.8, 4) is 0 Å². The zero-order chi connectivity index (χ0) is 11.8. The second kappa shape index (κ2) is 4.66. The van der Waals surface area contributed by atoms with Gasteiger partial charge in [-0.05, 0) is 24.7 Å². The zero-order valence-electron chi connectivity index (χ0n) is 11.4. The molecule has 1 saturated heterocycles. The third kappa shape index (κ3) is 2.43. The number of piperazine rings is 1. The first kappa shape index (κ1) is 12.4. The van der Waals surface area contributed by atoms with Crippen LogP contribution in [0.2, 0.25) is 0 Å². The highest BCUT2D eigenvalue weighted by Gasteiger charge is 2.37. The molecular weight excluding hydrogens is 196 g/mol. The second-order valence-corrected chi connectivity index (χ2v) is 6.67. The summed E-state index contributed by atoms with van der Waals surface area (Å²) in [5, 5.41) is 3.75. The molecule has 2 aliphatic rings. The maximum absolute atomic E-state index is 3.75. The van der Waals surface area contributed by atoms with Gasteiger partial charge in [0, 0.05) is 31.2 Å². The van der Waals surface area contributed by atoms with Crippen molar-refractivity contribution in [3.63, 3.8) is 0 Å². The zero-order valence-corrected chi connectivity index (χ0v) is 11.4. The molecule has 1 aliphatic heterocycles. The van der Waals surface area contributed by atoms with Gasteiger partial charge in [0.2, 0.25) is 0 Å². The largest absolute Gasteiger partial charge is 0.311 e. The van der Waals surface area contributed by atoms with Crippen molar-refractivity contribution in [1.29, 1.82) is 0 Å². The molecular formula is C14H28N2. The van der Waals surface area contributed by atoms with Crippen molar-refractivity contribution in [1.82, 2.24) is 10.2 Å². The van der Waals surface area contributed by atoms with Crippen LogP contribution in [0.1, 0.15) is 53.4 Å². The van der Waals surface area contributed by atoms with Crippen molar-refractivity contribution in [2.75, 3.05) is 13.1 Å². The Labute approximate surface area is 101 Å². The number of nitrogens with one attached hydrogen (secondary N) is 1. The van der Waals surface area contributed by atoms with E-state index in [1.807, 2.05) is 0 Å². The fraction of sp³-hybridized carbons (Fsp3) is 1.00. The topological polar surface area (TPSA) is 15.3 Å². The molecule has 0 spiro atoms. The molecule has 2 heteroatoms. The molecule has 0 aromatic heterocycles. The predicted molar refractivity (Wildman–Crippen MR) is 69.7 cm³/mol. The summed E-state index contributed by atoms with van der Waals surface area (Å²) in [6.45, 7) is 11.8. The summed E-state index contributed by atoms with van der Waals surface area (Å²) < 4.78 is 0. The van der Waals surface area contributed by atoms with Crippen LogP contribution in [0.4, 0.5) is 0 Å². The molecule has 2 unspecified atom stereocenters. The van der Waals surface area contributed by atoms with Crippen molar-refractivity contribution >= 4 is 0 Å². The van der Waals surface area contributed by atoms with Gasteiger partial charge in [0.1, 0.15) is 0 Å². The average molecular weight is 224 g/mol. The SMILES string of the molecule is CCC1CNC(C(C)(C)C)CN1C1CCC1. The van der Waals surface area contributed by atoms with Crippen LogP contribution in [0.3, 0.4) is 0 Å². The molecule has 0 aromatic rings. The summed E-state index contributed by atoms with van der Waals surface area (Å²) in [6.07, 6.45) is 5.62. The third-order valence-electron chi connectivity index (χ3n) is 4.52. The van der Waals surface area contributed by atoms with E-state index in [2.05, 4.69) is 37.9 Å². The fourth-order valence-electron chi connectivity index (χ4n) is 2.94. The van der Waals surface area contributed by atoms with E-state index in [0.717, 1.165) is 12.1 Å². The summed E-state index contributed by atoms with van der Waals surface area (Å²) >= 11 is 0.